The van der Waals surface area contributed by atoms with E-state index in [-0.39, 0.29) is 6.61 Å². The summed E-state index contributed by atoms with van der Waals surface area (Å²) in [5, 5.41) is 0. The molecule has 0 saturated carbocycles. The van der Waals surface area contributed by atoms with Gasteiger partial charge in [0.2, 0.25) is 0 Å². The molecule has 0 aliphatic carbocycles. The first-order valence-corrected chi connectivity index (χ1v) is 6.11. The first-order chi connectivity index (χ1) is 9.60. The van der Waals surface area contributed by atoms with Crippen molar-refractivity contribution in [3.8, 4) is 5.75 Å². The maximum Gasteiger partial charge on any atom is 0.342 e. The number of nitrogens with zero attached hydrogens (tertiary/aromatic N) is 1. The van der Waals surface area contributed by atoms with Gasteiger partial charge in [0.15, 0.2) is 0 Å². The fourth-order valence-electron chi connectivity index (χ4n) is 1.81. The van der Waals surface area contributed by atoms with Crippen molar-refractivity contribution in [1.82, 2.24) is 4.98 Å². The second kappa shape index (κ2) is 6.06. The molecular formula is C15H16N2O3. The number of pyridine rings is 1. The molecule has 0 amide bonds. The van der Waals surface area contributed by atoms with E-state index in [4.69, 9.17) is 15.2 Å². The summed E-state index contributed by atoms with van der Waals surface area (Å²) in [6.45, 7) is 2.09. The molecule has 5 heteroatoms. The minimum absolute atomic E-state index is 0.158. The van der Waals surface area contributed by atoms with Crippen molar-refractivity contribution in [1.29, 1.82) is 0 Å². The fraction of sp³-hybridized carbons (Fsp3) is 0.200. The van der Waals surface area contributed by atoms with Gasteiger partial charge in [0.1, 0.15) is 17.9 Å². The third kappa shape index (κ3) is 3.26. The van der Waals surface area contributed by atoms with Crippen LogP contribution in [0.4, 0.5) is 5.69 Å². The zero-order valence-corrected chi connectivity index (χ0v) is 11.4. The number of hydrogen-bond donors (Lipinski definition) is 1. The van der Waals surface area contributed by atoms with E-state index < -0.39 is 5.97 Å². The Morgan fingerprint density at radius 3 is 2.80 bits per heavy atom. The predicted octanol–water partition coefficient (Wildman–Crippen LogP) is 2.34. The van der Waals surface area contributed by atoms with Crippen LogP contribution in [0.3, 0.4) is 0 Å². The predicted molar refractivity (Wildman–Crippen MR) is 75.5 cm³/mol. The molecule has 1 aromatic carbocycles. The standard InChI is InChI=1S/C15H16N2O3/c1-10-5-11(8-17-7-10)9-20-15(18)13-6-12(16)3-4-14(13)19-2/h3-8H,9,16H2,1-2H3. The number of aryl methyl sites for hydroxylation is 1. The molecular weight excluding hydrogens is 256 g/mol. The second-order valence-electron chi connectivity index (χ2n) is 4.41. The van der Waals surface area contributed by atoms with Crippen LogP contribution < -0.4 is 10.5 Å². The van der Waals surface area contributed by atoms with Crippen LogP contribution in [0.1, 0.15) is 21.5 Å². The highest BCUT2D eigenvalue weighted by Crippen LogP contribution is 2.22. The quantitative estimate of drug-likeness (QED) is 0.683. The normalized spacial score (nSPS) is 10.1. The van der Waals surface area contributed by atoms with Gasteiger partial charge in [0, 0.05) is 23.6 Å². The number of anilines is 1. The van der Waals surface area contributed by atoms with E-state index in [1.165, 1.54) is 13.2 Å². The molecule has 1 aromatic heterocycles. The topological polar surface area (TPSA) is 74.4 Å². The van der Waals surface area contributed by atoms with Gasteiger partial charge in [0.05, 0.1) is 7.11 Å². The molecule has 0 spiro atoms. The summed E-state index contributed by atoms with van der Waals surface area (Å²) in [6.07, 6.45) is 3.41. The molecule has 2 N–H and O–H groups in total. The maximum absolute atomic E-state index is 12.1. The van der Waals surface area contributed by atoms with Gasteiger partial charge in [0.25, 0.3) is 0 Å². The number of nitrogens with two attached hydrogens (primary N) is 1. The largest absolute Gasteiger partial charge is 0.496 e. The average molecular weight is 272 g/mol. The summed E-state index contributed by atoms with van der Waals surface area (Å²) in [7, 11) is 1.49. The minimum atomic E-state index is -0.476. The van der Waals surface area contributed by atoms with Crippen LogP contribution in [-0.4, -0.2) is 18.1 Å². The zero-order valence-electron chi connectivity index (χ0n) is 11.4. The lowest BCUT2D eigenvalue weighted by Crippen LogP contribution is -2.08. The Balaban J connectivity index is 2.10. The van der Waals surface area contributed by atoms with Crippen molar-refractivity contribution in [3.63, 3.8) is 0 Å². The van der Waals surface area contributed by atoms with Crippen LogP contribution in [0.5, 0.6) is 5.75 Å². The van der Waals surface area contributed by atoms with Gasteiger partial charge in [-0.15, -0.1) is 0 Å². The van der Waals surface area contributed by atoms with Crippen molar-refractivity contribution >= 4 is 11.7 Å². The highest BCUT2D eigenvalue weighted by Gasteiger charge is 2.14. The molecule has 0 aliphatic rings. The van der Waals surface area contributed by atoms with E-state index in [0.717, 1.165) is 11.1 Å². The van der Waals surface area contributed by atoms with E-state index in [0.29, 0.717) is 17.0 Å². The summed E-state index contributed by atoms with van der Waals surface area (Å²) in [4.78, 5) is 16.1. The summed E-state index contributed by atoms with van der Waals surface area (Å²) in [5.41, 5.74) is 8.32. The number of methoxy groups -OCH3 is 1. The Morgan fingerprint density at radius 1 is 1.30 bits per heavy atom. The average Bonchev–Trinajstić information content (AvgIpc) is 2.45. The number of benzene rings is 1. The molecule has 2 rings (SSSR count). The smallest absolute Gasteiger partial charge is 0.342 e. The van der Waals surface area contributed by atoms with Crippen LogP contribution in [-0.2, 0) is 11.3 Å². The number of aromatic nitrogens is 1. The van der Waals surface area contributed by atoms with Crippen molar-refractivity contribution in [2.75, 3.05) is 12.8 Å². The number of ether oxygens (including phenoxy) is 2. The van der Waals surface area contributed by atoms with Crippen LogP contribution in [0.15, 0.2) is 36.7 Å². The molecule has 104 valence electrons. The van der Waals surface area contributed by atoms with Crippen LogP contribution in [0.2, 0.25) is 0 Å². The Labute approximate surface area is 117 Å². The molecule has 0 fully saturated rings. The number of esters is 1. The molecule has 0 saturated heterocycles. The van der Waals surface area contributed by atoms with Gasteiger partial charge >= 0.3 is 5.97 Å². The Morgan fingerprint density at radius 2 is 2.10 bits per heavy atom. The third-order valence-corrected chi connectivity index (χ3v) is 2.74. The van der Waals surface area contributed by atoms with E-state index in [1.807, 2.05) is 13.0 Å². The summed E-state index contributed by atoms with van der Waals surface area (Å²) < 4.78 is 10.4. The van der Waals surface area contributed by atoms with Gasteiger partial charge in [-0.05, 0) is 36.8 Å². The van der Waals surface area contributed by atoms with Gasteiger partial charge in [-0.1, -0.05) is 0 Å². The number of carbonyl (C=O) groups is 1. The van der Waals surface area contributed by atoms with E-state index in [9.17, 15) is 4.79 Å². The van der Waals surface area contributed by atoms with E-state index in [1.54, 1.807) is 24.5 Å². The Hall–Kier alpha value is -2.56. The van der Waals surface area contributed by atoms with Gasteiger partial charge < -0.3 is 15.2 Å². The highest BCUT2D eigenvalue weighted by atomic mass is 16.5. The minimum Gasteiger partial charge on any atom is -0.496 e. The van der Waals surface area contributed by atoms with Crippen molar-refractivity contribution in [2.24, 2.45) is 0 Å². The second-order valence-corrected chi connectivity index (χ2v) is 4.41. The number of hydrogen-bond acceptors (Lipinski definition) is 5. The molecule has 0 atom stereocenters. The number of rotatable bonds is 4. The first-order valence-electron chi connectivity index (χ1n) is 6.11. The third-order valence-electron chi connectivity index (χ3n) is 2.74. The van der Waals surface area contributed by atoms with Crippen molar-refractivity contribution < 1.29 is 14.3 Å². The molecule has 0 bridgehead atoms. The van der Waals surface area contributed by atoms with Crippen LogP contribution in [0.25, 0.3) is 0 Å². The Kier molecular flexibility index (Phi) is 4.20. The van der Waals surface area contributed by atoms with E-state index in [2.05, 4.69) is 4.98 Å². The molecule has 20 heavy (non-hydrogen) atoms. The lowest BCUT2D eigenvalue weighted by molar-refractivity contribution is 0.0468. The van der Waals surface area contributed by atoms with Crippen LogP contribution >= 0.6 is 0 Å². The van der Waals surface area contributed by atoms with Gasteiger partial charge in [-0.25, -0.2) is 4.79 Å². The number of nitrogen functional groups attached to an aromatic ring is 1. The zero-order chi connectivity index (χ0) is 14.5. The summed E-state index contributed by atoms with van der Waals surface area (Å²) in [5.74, 6) is -0.0396. The lowest BCUT2D eigenvalue weighted by Gasteiger charge is -2.09. The first kappa shape index (κ1) is 13.9. The Bertz CT molecular complexity index is 626. The van der Waals surface area contributed by atoms with Gasteiger partial charge in [-0.3, -0.25) is 4.98 Å². The molecule has 1 heterocycles. The molecule has 0 unspecified atom stereocenters. The summed E-state index contributed by atoms with van der Waals surface area (Å²) >= 11 is 0. The van der Waals surface area contributed by atoms with Gasteiger partial charge in [-0.2, -0.15) is 0 Å². The molecule has 2 aromatic rings. The monoisotopic (exact) mass is 272 g/mol. The fourth-order valence-corrected chi connectivity index (χ4v) is 1.81. The summed E-state index contributed by atoms with van der Waals surface area (Å²) in [6, 6.07) is 6.76. The molecule has 0 radical (unpaired) electrons. The van der Waals surface area contributed by atoms with E-state index >= 15 is 0 Å². The van der Waals surface area contributed by atoms with Crippen LogP contribution in [0, 0.1) is 6.92 Å². The lowest BCUT2D eigenvalue weighted by atomic mass is 10.2. The van der Waals surface area contributed by atoms with Crippen molar-refractivity contribution in [2.45, 2.75) is 13.5 Å². The van der Waals surface area contributed by atoms with Crippen molar-refractivity contribution in [3.05, 3.63) is 53.3 Å². The highest BCUT2D eigenvalue weighted by molar-refractivity contribution is 5.93. The maximum atomic E-state index is 12.1. The number of carbonyl (C=O) groups excluding carboxylic acids is 1. The molecule has 0 aliphatic heterocycles. The SMILES string of the molecule is COc1ccc(N)cc1C(=O)OCc1cncc(C)c1. The molecule has 5 nitrogen and oxygen atoms in total.